The van der Waals surface area contributed by atoms with E-state index >= 15 is 0 Å². The number of aromatic carboxylic acids is 1. The van der Waals surface area contributed by atoms with Crippen molar-refractivity contribution < 1.29 is 19.4 Å². The van der Waals surface area contributed by atoms with Gasteiger partial charge in [-0.3, -0.25) is 0 Å². The summed E-state index contributed by atoms with van der Waals surface area (Å²) in [6.07, 6.45) is 0. The summed E-state index contributed by atoms with van der Waals surface area (Å²) >= 11 is 11.3. The Bertz CT molecular complexity index is 431. The first-order valence-corrected chi connectivity index (χ1v) is 4.54. The van der Waals surface area contributed by atoms with Crippen LogP contribution in [0.5, 0.6) is 0 Å². The molecule has 0 aliphatic heterocycles. The molecule has 0 saturated carbocycles. The second-order valence-corrected chi connectivity index (χ2v) is 3.37. The average molecular weight is 286 g/mol. The van der Waals surface area contributed by atoms with E-state index in [9.17, 15) is 9.59 Å². The van der Waals surface area contributed by atoms with E-state index in [1.54, 1.807) is 0 Å². The predicted molar refractivity (Wildman–Crippen MR) is 62.0 cm³/mol. The third kappa shape index (κ3) is 2.78. The molecule has 88 valence electrons. The number of carboxylic acids is 1. The molecule has 4 nitrogen and oxygen atoms in total. The highest BCUT2D eigenvalue weighted by Gasteiger charge is 2.20. The number of benzene rings is 1. The average Bonchev–Trinajstić information content (AvgIpc) is 2.16. The summed E-state index contributed by atoms with van der Waals surface area (Å²) in [7, 11) is 1.17. The van der Waals surface area contributed by atoms with E-state index in [2.05, 4.69) is 4.74 Å². The Labute approximate surface area is 108 Å². The lowest BCUT2D eigenvalue weighted by atomic mass is 10.1. The Morgan fingerprint density at radius 3 is 2.31 bits per heavy atom. The topological polar surface area (TPSA) is 63.6 Å². The maximum absolute atomic E-state index is 11.2. The number of rotatable bonds is 2. The van der Waals surface area contributed by atoms with Gasteiger partial charge in [0.25, 0.3) is 0 Å². The molecule has 0 heterocycles. The zero-order valence-corrected chi connectivity index (χ0v) is 10.3. The number of carboxylic acid groups (broad SMARTS) is 1. The SMILES string of the molecule is COC(=O)c1ccc(Cl)c(C(=O)O)c1Cl.Cl. The van der Waals surface area contributed by atoms with Crippen molar-refractivity contribution in [2.45, 2.75) is 0 Å². The van der Waals surface area contributed by atoms with Gasteiger partial charge >= 0.3 is 11.9 Å². The van der Waals surface area contributed by atoms with Gasteiger partial charge in [-0.05, 0) is 12.1 Å². The number of ether oxygens (including phenoxy) is 1. The highest BCUT2D eigenvalue weighted by atomic mass is 35.5. The molecule has 0 radical (unpaired) electrons. The fourth-order valence-corrected chi connectivity index (χ4v) is 1.63. The lowest BCUT2D eigenvalue weighted by Crippen LogP contribution is -2.07. The molecule has 1 N–H and O–H groups in total. The molecule has 16 heavy (non-hydrogen) atoms. The molecule has 0 aromatic heterocycles. The zero-order chi connectivity index (χ0) is 11.6. The van der Waals surface area contributed by atoms with Gasteiger partial charge in [-0.2, -0.15) is 0 Å². The van der Waals surface area contributed by atoms with Crippen molar-refractivity contribution in [3.63, 3.8) is 0 Å². The maximum Gasteiger partial charge on any atom is 0.339 e. The first-order valence-electron chi connectivity index (χ1n) is 3.78. The van der Waals surface area contributed by atoms with Crippen LogP contribution in [0.4, 0.5) is 0 Å². The summed E-state index contributed by atoms with van der Waals surface area (Å²) < 4.78 is 4.43. The molecule has 1 aromatic rings. The Balaban J connectivity index is 0.00000225. The molecular formula is C9H7Cl3O4. The van der Waals surface area contributed by atoms with E-state index in [0.29, 0.717) is 0 Å². The second-order valence-electron chi connectivity index (χ2n) is 2.58. The van der Waals surface area contributed by atoms with E-state index in [1.807, 2.05) is 0 Å². The number of esters is 1. The van der Waals surface area contributed by atoms with Crippen LogP contribution in [-0.2, 0) is 4.74 Å². The van der Waals surface area contributed by atoms with Gasteiger partial charge in [0, 0.05) is 0 Å². The smallest absolute Gasteiger partial charge is 0.339 e. The lowest BCUT2D eigenvalue weighted by molar-refractivity contribution is 0.0601. The van der Waals surface area contributed by atoms with Crippen LogP contribution in [0.25, 0.3) is 0 Å². The van der Waals surface area contributed by atoms with Crippen LogP contribution >= 0.6 is 35.6 Å². The third-order valence-corrected chi connectivity index (χ3v) is 2.42. The third-order valence-electron chi connectivity index (χ3n) is 1.71. The van der Waals surface area contributed by atoms with Crippen molar-refractivity contribution in [3.05, 3.63) is 33.3 Å². The molecule has 0 aliphatic carbocycles. The molecule has 0 spiro atoms. The van der Waals surface area contributed by atoms with Crippen molar-refractivity contribution in [2.75, 3.05) is 7.11 Å². The number of methoxy groups -OCH3 is 1. The number of hydrogen-bond donors (Lipinski definition) is 1. The molecule has 1 rings (SSSR count). The standard InChI is InChI=1S/C9H6Cl2O4.ClH/c1-15-9(14)4-2-3-5(10)6(7(4)11)8(12)13;/h2-3H,1H3,(H,12,13);1H. The first kappa shape index (κ1) is 15.0. The highest BCUT2D eigenvalue weighted by Crippen LogP contribution is 2.28. The minimum Gasteiger partial charge on any atom is -0.478 e. The van der Waals surface area contributed by atoms with E-state index < -0.39 is 11.9 Å². The van der Waals surface area contributed by atoms with Crippen molar-refractivity contribution in [2.24, 2.45) is 0 Å². The Morgan fingerprint density at radius 2 is 1.88 bits per heavy atom. The summed E-state index contributed by atoms with van der Waals surface area (Å²) in [5, 5.41) is 8.56. The van der Waals surface area contributed by atoms with Gasteiger partial charge in [-0.25, -0.2) is 9.59 Å². The van der Waals surface area contributed by atoms with Gasteiger partial charge in [0.15, 0.2) is 0 Å². The monoisotopic (exact) mass is 284 g/mol. The van der Waals surface area contributed by atoms with Gasteiger partial charge in [-0.15, -0.1) is 12.4 Å². The van der Waals surface area contributed by atoms with Crippen molar-refractivity contribution >= 4 is 47.5 Å². The van der Waals surface area contributed by atoms with Gasteiger partial charge in [0.05, 0.1) is 28.3 Å². The highest BCUT2D eigenvalue weighted by molar-refractivity contribution is 6.41. The minimum atomic E-state index is -1.30. The van der Waals surface area contributed by atoms with E-state index in [0.717, 1.165) is 0 Å². The largest absolute Gasteiger partial charge is 0.478 e. The minimum absolute atomic E-state index is 0. The van der Waals surface area contributed by atoms with Crippen LogP contribution < -0.4 is 0 Å². The summed E-state index contributed by atoms with van der Waals surface area (Å²) in [6.45, 7) is 0. The van der Waals surface area contributed by atoms with Crippen LogP contribution in [0.15, 0.2) is 12.1 Å². The number of halogens is 3. The normalized spacial score (nSPS) is 9.19. The number of carbonyl (C=O) groups is 2. The Kier molecular flexibility index (Phi) is 5.58. The van der Waals surface area contributed by atoms with Crippen LogP contribution in [0, 0.1) is 0 Å². The van der Waals surface area contributed by atoms with Crippen molar-refractivity contribution in [3.8, 4) is 0 Å². The molecule has 0 amide bonds. The van der Waals surface area contributed by atoms with Crippen LogP contribution in [0.1, 0.15) is 20.7 Å². The molecule has 0 saturated heterocycles. The molecule has 0 fully saturated rings. The lowest BCUT2D eigenvalue weighted by Gasteiger charge is -2.06. The van der Waals surface area contributed by atoms with Gasteiger partial charge in [0.1, 0.15) is 0 Å². The first-order chi connectivity index (χ1) is 6.99. The predicted octanol–water partition coefficient (Wildman–Crippen LogP) is 2.90. The van der Waals surface area contributed by atoms with Crippen molar-refractivity contribution in [1.82, 2.24) is 0 Å². The van der Waals surface area contributed by atoms with E-state index in [-0.39, 0.29) is 33.6 Å². The molecule has 0 atom stereocenters. The van der Waals surface area contributed by atoms with Gasteiger partial charge in [-0.1, -0.05) is 23.2 Å². The fourth-order valence-electron chi connectivity index (χ4n) is 1.02. The zero-order valence-electron chi connectivity index (χ0n) is 7.99. The summed E-state index contributed by atoms with van der Waals surface area (Å²) in [5.74, 6) is -2.00. The molecule has 0 unspecified atom stereocenters. The molecular weight excluding hydrogens is 278 g/mol. The Morgan fingerprint density at radius 1 is 1.31 bits per heavy atom. The molecule has 7 heteroatoms. The van der Waals surface area contributed by atoms with E-state index in [4.69, 9.17) is 28.3 Å². The van der Waals surface area contributed by atoms with Crippen molar-refractivity contribution in [1.29, 1.82) is 0 Å². The van der Waals surface area contributed by atoms with Crippen LogP contribution in [0.2, 0.25) is 10.0 Å². The summed E-state index contributed by atoms with van der Waals surface area (Å²) in [6, 6.07) is 2.59. The van der Waals surface area contributed by atoms with Gasteiger partial charge < -0.3 is 9.84 Å². The quantitative estimate of drug-likeness (QED) is 0.849. The molecule has 0 aliphatic rings. The van der Waals surface area contributed by atoms with E-state index in [1.165, 1.54) is 19.2 Å². The van der Waals surface area contributed by atoms with Crippen LogP contribution in [-0.4, -0.2) is 24.2 Å². The number of hydrogen-bond acceptors (Lipinski definition) is 3. The molecule has 0 bridgehead atoms. The Hall–Kier alpha value is -0.970. The summed E-state index contributed by atoms with van der Waals surface area (Å²) in [5.41, 5.74) is -0.331. The number of carbonyl (C=O) groups excluding carboxylic acids is 1. The molecule has 1 aromatic carbocycles. The summed E-state index contributed by atoms with van der Waals surface area (Å²) in [4.78, 5) is 22.0. The maximum atomic E-state index is 11.2. The van der Waals surface area contributed by atoms with Crippen LogP contribution in [0.3, 0.4) is 0 Å². The second kappa shape index (κ2) is 5.94. The fraction of sp³-hybridized carbons (Fsp3) is 0.111. The van der Waals surface area contributed by atoms with Gasteiger partial charge in [0.2, 0.25) is 0 Å².